The van der Waals surface area contributed by atoms with Crippen LogP contribution in [0.4, 0.5) is 22.0 Å². The van der Waals surface area contributed by atoms with Gasteiger partial charge in [-0.25, -0.2) is 22.0 Å². The second kappa shape index (κ2) is 18.3. The van der Waals surface area contributed by atoms with Gasteiger partial charge in [0.1, 0.15) is 5.56 Å². The van der Waals surface area contributed by atoms with E-state index in [1.165, 1.54) is 11.1 Å². The first kappa shape index (κ1) is 40.5. The maximum atomic E-state index is 14.3. The maximum Gasteiger partial charge on any atom is 0.257 e. The van der Waals surface area contributed by atoms with Crippen LogP contribution in [0.5, 0.6) is 0 Å². The summed E-state index contributed by atoms with van der Waals surface area (Å²) in [7, 11) is 0. The lowest BCUT2D eigenvalue weighted by Crippen LogP contribution is -2.44. The number of nitrogens with zero attached hydrogens (tertiary/aromatic N) is 1. The van der Waals surface area contributed by atoms with Gasteiger partial charge >= 0.3 is 0 Å². The summed E-state index contributed by atoms with van der Waals surface area (Å²) < 4.78 is 83.2. The number of rotatable bonds is 13. The van der Waals surface area contributed by atoms with Gasteiger partial charge in [-0.05, 0) is 51.1 Å². The predicted octanol–water partition coefficient (Wildman–Crippen LogP) is 9.97. The third-order valence-electron chi connectivity index (χ3n) is 10.4. The van der Waals surface area contributed by atoms with Gasteiger partial charge in [0.2, 0.25) is 5.82 Å². The molecule has 6 nitrogen and oxygen atoms in total. The summed E-state index contributed by atoms with van der Waals surface area (Å²) in [6, 6.07) is 43.0. The van der Waals surface area contributed by atoms with E-state index in [4.69, 9.17) is 9.47 Å². The van der Waals surface area contributed by atoms with Crippen LogP contribution in [-0.4, -0.2) is 28.6 Å². The lowest BCUT2D eigenvalue weighted by atomic mass is 9.89. The highest BCUT2D eigenvalue weighted by Gasteiger charge is 2.39. The van der Waals surface area contributed by atoms with Crippen LogP contribution in [0, 0.1) is 35.0 Å². The third kappa shape index (κ3) is 9.19. The number of halogens is 5. The summed E-state index contributed by atoms with van der Waals surface area (Å²) in [6.07, 6.45) is -1.37. The smallest absolute Gasteiger partial charge is 0.257 e. The predicted molar refractivity (Wildman–Crippen MR) is 209 cm³/mol. The number of ether oxygens (including phenoxy) is 2. The summed E-state index contributed by atoms with van der Waals surface area (Å²) in [5, 5.41) is 12.0. The number of hydrogen-bond acceptors (Lipinski definition) is 5. The van der Waals surface area contributed by atoms with E-state index in [2.05, 4.69) is 41.4 Å². The van der Waals surface area contributed by atoms with E-state index in [1.807, 2.05) is 91.0 Å². The number of amides is 1. The van der Waals surface area contributed by atoms with Gasteiger partial charge in [-0.3, -0.25) is 9.69 Å². The highest BCUT2D eigenvalue weighted by molar-refractivity contribution is 5.94. The average molecular weight is 793 g/mol. The monoisotopic (exact) mass is 792 g/mol. The number of aliphatic hydroxyl groups excluding tert-OH is 1. The van der Waals surface area contributed by atoms with E-state index >= 15 is 0 Å². The summed E-state index contributed by atoms with van der Waals surface area (Å²) in [6.45, 7) is 3.82. The minimum atomic E-state index is -2.34. The molecule has 1 saturated heterocycles. The summed E-state index contributed by atoms with van der Waals surface area (Å²) in [5.74, 6) is -12.6. The Bertz CT molecular complexity index is 2280. The molecule has 0 spiro atoms. The van der Waals surface area contributed by atoms with Crippen LogP contribution in [0.15, 0.2) is 133 Å². The van der Waals surface area contributed by atoms with Gasteiger partial charge < -0.3 is 19.9 Å². The normalized spacial score (nSPS) is 18.0. The molecule has 0 aromatic heterocycles. The van der Waals surface area contributed by atoms with E-state index in [-0.39, 0.29) is 31.3 Å². The molecule has 2 N–H and O–H groups in total. The zero-order valence-corrected chi connectivity index (χ0v) is 31.6. The molecule has 4 atom stereocenters. The highest BCUT2D eigenvalue weighted by Crippen LogP contribution is 2.42. The van der Waals surface area contributed by atoms with Crippen molar-refractivity contribution < 1.29 is 41.3 Å². The maximum absolute atomic E-state index is 14.3. The molecule has 58 heavy (non-hydrogen) atoms. The number of carbonyl (C=O) groups excluding carboxylic acids is 1. The Labute approximate surface area is 333 Å². The van der Waals surface area contributed by atoms with Crippen LogP contribution < -0.4 is 5.32 Å². The van der Waals surface area contributed by atoms with Crippen LogP contribution in [0.1, 0.15) is 63.1 Å². The molecule has 11 heteroatoms. The van der Waals surface area contributed by atoms with Gasteiger partial charge in [0.05, 0.1) is 18.8 Å². The van der Waals surface area contributed by atoms with Gasteiger partial charge in [-0.15, -0.1) is 0 Å². The molecule has 1 aliphatic heterocycles. The fourth-order valence-electron chi connectivity index (χ4n) is 7.25. The molecule has 1 heterocycles. The van der Waals surface area contributed by atoms with E-state index < -0.39 is 46.8 Å². The molecule has 0 aliphatic carbocycles. The standard InChI is InChI=1S/C47H41F5N2O4/c1-29-38(27-54(25-30-10-4-2-5-11-30)26-31-12-6-3-7-13-31)57-47(58-45(29)34-20-18-32(28-55)19-21-34)37-17-9-16-36(23-37)35-15-8-14-33(22-35)24-53-46(56)39-40(48)42(50)44(52)43(51)41(39)49/h2-23,29,38,45,47,55H,24-28H2,1H3,(H,53,56). The van der Waals surface area contributed by atoms with Crippen LogP contribution in [0.3, 0.4) is 0 Å². The SMILES string of the molecule is CC1C(CN(Cc2ccccc2)Cc2ccccc2)OC(c2cccc(-c3cccc(CNC(=O)c4c(F)c(F)c(F)c(F)c4F)c3)c2)OC1c1ccc(CO)cc1. The lowest BCUT2D eigenvalue weighted by molar-refractivity contribution is -0.276. The van der Waals surface area contributed by atoms with Crippen molar-refractivity contribution >= 4 is 5.91 Å². The lowest BCUT2D eigenvalue weighted by Gasteiger charge is -2.43. The molecule has 7 rings (SSSR count). The van der Waals surface area contributed by atoms with Crippen molar-refractivity contribution in [2.75, 3.05) is 6.54 Å². The molecule has 0 saturated carbocycles. The van der Waals surface area contributed by atoms with Crippen molar-refractivity contribution in [3.63, 3.8) is 0 Å². The zero-order chi connectivity index (χ0) is 40.8. The van der Waals surface area contributed by atoms with Crippen molar-refractivity contribution in [2.45, 2.75) is 51.7 Å². The molecule has 4 unspecified atom stereocenters. The van der Waals surface area contributed by atoms with E-state index in [0.717, 1.165) is 27.8 Å². The third-order valence-corrected chi connectivity index (χ3v) is 10.4. The fraction of sp³-hybridized carbons (Fsp3) is 0.213. The number of aliphatic hydroxyl groups is 1. The topological polar surface area (TPSA) is 71.0 Å². The molecule has 6 aromatic carbocycles. The Morgan fingerprint density at radius 3 is 1.78 bits per heavy atom. The Morgan fingerprint density at radius 2 is 1.17 bits per heavy atom. The second-order valence-corrected chi connectivity index (χ2v) is 14.4. The molecule has 298 valence electrons. The first-order valence-electron chi connectivity index (χ1n) is 18.9. The van der Waals surface area contributed by atoms with Crippen LogP contribution in [0.2, 0.25) is 0 Å². The Kier molecular flexibility index (Phi) is 12.7. The molecule has 0 bridgehead atoms. The minimum absolute atomic E-state index is 0.0646. The van der Waals surface area contributed by atoms with Crippen molar-refractivity contribution in [1.29, 1.82) is 0 Å². The number of hydrogen-bond donors (Lipinski definition) is 2. The zero-order valence-electron chi connectivity index (χ0n) is 31.6. The number of carbonyl (C=O) groups is 1. The van der Waals surface area contributed by atoms with Gasteiger partial charge in [0.15, 0.2) is 29.6 Å². The van der Waals surface area contributed by atoms with Gasteiger partial charge in [0, 0.05) is 37.7 Å². The minimum Gasteiger partial charge on any atom is -0.392 e. The van der Waals surface area contributed by atoms with Crippen LogP contribution in [0.25, 0.3) is 11.1 Å². The highest BCUT2D eigenvalue weighted by atomic mass is 19.2. The van der Waals surface area contributed by atoms with Gasteiger partial charge in [0.25, 0.3) is 5.91 Å². The Hall–Kier alpha value is -5.72. The second-order valence-electron chi connectivity index (χ2n) is 14.4. The van der Waals surface area contributed by atoms with Crippen LogP contribution in [-0.2, 0) is 35.7 Å². The molecule has 1 fully saturated rings. The molecular formula is C47H41F5N2O4. The van der Waals surface area contributed by atoms with Crippen molar-refractivity contribution in [1.82, 2.24) is 10.2 Å². The van der Waals surface area contributed by atoms with E-state index in [0.29, 0.717) is 25.2 Å². The number of benzene rings is 6. The molecule has 0 radical (unpaired) electrons. The molecule has 6 aromatic rings. The molecule has 1 aliphatic rings. The first-order valence-corrected chi connectivity index (χ1v) is 18.9. The van der Waals surface area contributed by atoms with Crippen molar-refractivity contribution in [2.24, 2.45) is 5.92 Å². The van der Waals surface area contributed by atoms with Crippen LogP contribution >= 0.6 is 0 Å². The van der Waals surface area contributed by atoms with Gasteiger partial charge in [-0.1, -0.05) is 128 Å². The molecule has 1 amide bonds. The Balaban J connectivity index is 1.14. The summed E-state index contributed by atoms with van der Waals surface area (Å²) in [5.41, 5.74) is 5.35. The van der Waals surface area contributed by atoms with E-state index in [9.17, 15) is 31.9 Å². The Morgan fingerprint density at radius 1 is 0.621 bits per heavy atom. The fourth-order valence-corrected chi connectivity index (χ4v) is 7.25. The summed E-state index contributed by atoms with van der Waals surface area (Å²) >= 11 is 0. The van der Waals surface area contributed by atoms with E-state index in [1.54, 1.807) is 18.2 Å². The van der Waals surface area contributed by atoms with Gasteiger partial charge in [-0.2, -0.15) is 0 Å². The quantitative estimate of drug-likeness (QED) is 0.0693. The first-order chi connectivity index (χ1) is 28.1. The number of nitrogens with one attached hydrogen (secondary N) is 1. The van der Waals surface area contributed by atoms with Crippen molar-refractivity contribution in [3.8, 4) is 11.1 Å². The molecular weight excluding hydrogens is 752 g/mol. The van der Waals surface area contributed by atoms with Crippen molar-refractivity contribution in [3.05, 3.63) is 201 Å². The summed E-state index contributed by atoms with van der Waals surface area (Å²) in [4.78, 5) is 15.0. The average Bonchev–Trinajstić information content (AvgIpc) is 3.26. The largest absolute Gasteiger partial charge is 0.392 e.